The quantitative estimate of drug-likeness (QED) is 0.338. The smallest absolute Gasteiger partial charge is 0.246 e. The Morgan fingerprint density at radius 2 is 1.71 bits per heavy atom. The summed E-state index contributed by atoms with van der Waals surface area (Å²) in [6.07, 6.45) is 0. The summed E-state index contributed by atoms with van der Waals surface area (Å²) < 4.78 is 39.8. The van der Waals surface area contributed by atoms with Gasteiger partial charge in [0.2, 0.25) is 5.91 Å². The van der Waals surface area contributed by atoms with Crippen LogP contribution in [0.4, 0.5) is 18.9 Å². The van der Waals surface area contributed by atoms with Crippen LogP contribution in [0, 0.1) is 17.5 Å². The first-order valence-corrected chi connectivity index (χ1v) is 9.38. The van der Waals surface area contributed by atoms with Crippen LogP contribution in [-0.4, -0.2) is 55.0 Å². The standard InChI is InChI=1S/C19H30F3N5O/c1-6-23-19(24-9-10-27(12(2)3)13(4)5)25-11-16(28)26-15-8-7-14(20)17(21)18(15)22/h7-8,12-13H,6,9-11H2,1-5H3,(H,26,28)(H2,23,24,25). The highest BCUT2D eigenvalue weighted by Gasteiger charge is 2.15. The molecule has 6 nitrogen and oxygen atoms in total. The van der Waals surface area contributed by atoms with Crippen molar-refractivity contribution in [1.29, 1.82) is 0 Å². The van der Waals surface area contributed by atoms with E-state index in [0.717, 1.165) is 18.7 Å². The number of halogens is 3. The van der Waals surface area contributed by atoms with Crippen molar-refractivity contribution in [3.05, 3.63) is 29.6 Å². The Morgan fingerprint density at radius 1 is 1.07 bits per heavy atom. The second kappa shape index (κ2) is 11.5. The van der Waals surface area contributed by atoms with Gasteiger partial charge in [0.05, 0.1) is 5.69 Å². The highest BCUT2D eigenvalue weighted by molar-refractivity contribution is 5.94. The number of nitrogens with one attached hydrogen (secondary N) is 3. The fraction of sp³-hybridized carbons (Fsp3) is 0.579. The first-order chi connectivity index (χ1) is 13.2. The number of nitrogens with zero attached hydrogens (tertiary/aromatic N) is 2. The van der Waals surface area contributed by atoms with Crippen LogP contribution < -0.4 is 16.0 Å². The molecule has 0 aliphatic carbocycles. The van der Waals surface area contributed by atoms with Crippen LogP contribution in [0.15, 0.2) is 17.1 Å². The third-order valence-electron chi connectivity index (χ3n) is 4.02. The molecule has 0 unspecified atom stereocenters. The van der Waals surface area contributed by atoms with Gasteiger partial charge in [-0.15, -0.1) is 0 Å². The number of hydrogen-bond donors (Lipinski definition) is 3. The monoisotopic (exact) mass is 401 g/mol. The summed E-state index contributed by atoms with van der Waals surface area (Å²) in [6.45, 7) is 12.1. The lowest BCUT2D eigenvalue weighted by Crippen LogP contribution is -2.45. The summed E-state index contributed by atoms with van der Waals surface area (Å²) in [5.74, 6) is -4.59. The number of aliphatic imine (C=N–C) groups is 1. The lowest BCUT2D eigenvalue weighted by molar-refractivity contribution is -0.114. The fourth-order valence-corrected chi connectivity index (χ4v) is 2.72. The second-order valence-electron chi connectivity index (χ2n) is 6.82. The number of guanidine groups is 1. The average molecular weight is 401 g/mol. The summed E-state index contributed by atoms with van der Waals surface area (Å²) in [5, 5.41) is 8.35. The SMILES string of the molecule is CCNC(=NCC(=O)Nc1ccc(F)c(F)c1F)NCCN(C(C)C)C(C)C. The topological polar surface area (TPSA) is 68.8 Å². The number of amides is 1. The van der Waals surface area contributed by atoms with E-state index in [2.05, 4.69) is 53.5 Å². The van der Waals surface area contributed by atoms with Crippen molar-refractivity contribution in [2.45, 2.75) is 46.7 Å². The van der Waals surface area contributed by atoms with Crippen LogP contribution in [0.25, 0.3) is 0 Å². The summed E-state index contributed by atoms with van der Waals surface area (Å²) >= 11 is 0. The van der Waals surface area contributed by atoms with Gasteiger partial charge in [-0.3, -0.25) is 9.69 Å². The zero-order chi connectivity index (χ0) is 21.3. The van der Waals surface area contributed by atoms with Crippen molar-refractivity contribution in [1.82, 2.24) is 15.5 Å². The first kappa shape index (κ1) is 23.7. The predicted molar refractivity (Wildman–Crippen MR) is 106 cm³/mol. The fourth-order valence-electron chi connectivity index (χ4n) is 2.72. The molecule has 0 heterocycles. The van der Waals surface area contributed by atoms with Gasteiger partial charge in [0, 0.05) is 31.7 Å². The van der Waals surface area contributed by atoms with Crippen molar-refractivity contribution in [2.24, 2.45) is 4.99 Å². The molecule has 0 radical (unpaired) electrons. The van der Waals surface area contributed by atoms with Gasteiger partial charge in [-0.2, -0.15) is 0 Å². The maximum Gasteiger partial charge on any atom is 0.246 e. The molecule has 28 heavy (non-hydrogen) atoms. The van der Waals surface area contributed by atoms with Crippen LogP contribution >= 0.6 is 0 Å². The molecule has 0 aromatic heterocycles. The number of rotatable bonds is 9. The Hall–Kier alpha value is -2.29. The Labute approximate surface area is 164 Å². The third kappa shape index (κ3) is 7.38. The molecule has 158 valence electrons. The molecule has 0 atom stereocenters. The van der Waals surface area contributed by atoms with Gasteiger partial charge in [-0.25, -0.2) is 18.2 Å². The number of hydrogen-bond acceptors (Lipinski definition) is 3. The van der Waals surface area contributed by atoms with Crippen LogP contribution in [0.5, 0.6) is 0 Å². The van der Waals surface area contributed by atoms with Gasteiger partial charge in [0.25, 0.3) is 0 Å². The van der Waals surface area contributed by atoms with E-state index in [0.29, 0.717) is 31.1 Å². The molecule has 0 fully saturated rings. The van der Waals surface area contributed by atoms with E-state index in [1.165, 1.54) is 0 Å². The Balaban J connectivity index is 2.64. The molecule has 9 heteroatoms. The zero-order valence-electron chi connectivity index (χ0n) is 17.1. The normalized spacial score (nSPS) is 12.0. The summed E-state index contributed by atoms with van der Waals surface area (Å²) in [4.78, 5) is 18.4. The van der Waals surface area contributed by atoms with Crippen LogP contribution in [-0.2, 0) is 4.79 Å². The largest absolute Gasteiger partial charge is 0.357 e. The van der Waals surface area contributed by atoms with E-state index in [9.17, 15) is 18.0 Å². The molecule has 3 N–H and O–H groups in total. The van der Waals surface area contributed by atoms with Crippen LogP contribution in [0.3, 0.4) is 0 Å². The predicted octanol–water partition coefficient (Wildman–Crippen LogP) is 2.72. The summed E-state index contributed by atoms with van der Waals surface area (Å²) in [6, 6.07) is 2.51. The lowest BCUT2D eigenvalue weighted by Gasteiger charge is -2.30. The van der Waals surface area contributed by atoms with E-state index in [1.807, 2.05) is 6.92 Å². The van der Waals surface area contributed by atoms with E-state index in [4.69, 9.17) is 0 Å². The molecule has 0 aliphatic heterocycles. The minimum Gasteiger partial charge on any atom is -0.357 e. The van der Waals surface area contributed by atoms with Crippen molar-refractivity contribution >= 4 is 17.6 Å². The summed E-state index contributed by atoms with van der Waals surface area (Å²) in [5.41, 5.74) is -0.429. The highest BCUT2D eigenvalue weighted by atomic mass is 19.2. The number of carbonyl (C=O) groups excluding carboxylic acids is 1. The van der Waals surface area contributed by atoms with Crippen LogP contribution in [0.2, 0.25) is 0 Å². The van der Waals surface area contributed by atoms with Gasteiger partial charge in [-0.05, 0) is 46.8 Å². The molecular weight excluding hydrogens is 371 g/mol. The van der Waals surface area contributed by atoms with Crippen molar-refractivity contribution in [3.63, 3.8) is 0 Å². The minimum absolute atomic E-state index is 0.300. The average Bonchev–Trinajstić information content (AvgIpc) is 2.63. The molecule has 0 saturated carbocycles. The second-order valence-corrected chi connectivity index (χ2v) is 6.82. The van der Waals surface area contributed by atoms with E-state index in [1.54, 1.807) is 0 Å². The maximum atomic E-state index is 13.6. The molecule has 0 aliphatic rings. The van der Waals surface area contributed by atoms with Gasteiger partial charge in [0.15, 0.2) is 23.4 Å². The molecule has 1 aromatic carbocycles. The zero-order valence-corrected chi connectivity index (χ0v) is 17.1. The molecule has 1 aromatic rings. The lowest BCUT2D eigenvalue weighted by atomic mass is 10.2. The van der Waals surface area contributed by atoms with Crippen molar-refractivity contribution < 1.29 is 18.0 Å². The van der Waals surface area contributed by atoms with Gasteiger partial charge < -0.3 is 16.0 Å². The molecule has 1 rings (SSSR count). The van der Waals surface area contributed by atoms with Crippen molar-refractivity contribution in [2.75, 3.05) is 31.5 Å². The highest BCUT2D eigenvalue weighted by Crippen LogP contribution is 2.19. The van der Waals surface area contributed by atoms with Crippen LogP contribution in [0.1, 0.15) is 34.6 Å². The minimum atomic E-state index is -1.63. The summed E-state index contributed by atoms with van der Waals surface area (Å²) in [7, 11) is 0. The van der Waals surface area contributed by atoms with E-state index in [-0.39, 0.29) is 6.54 Å². The van der Waals surface area contributed by atoms with E-state index >= 15 is 0 Å². The molecule has 0 bridgehead atoms. The van der Waals surface area contributed by atoms with E-state index < -0.39 is 29.0 Å². The Kier molecular flexibility index (Phi) is 9.78. The number of benzene rings is 1. The van der Waals surface area contributed by atoms with Crippen molar-refractivity contribution in [3.8, 4) is 0 Å². The molecule has 0 spiro atoms. The molecule has 1 amide bonds. The number of carbonyl (C=O) groups is 1. The van der Waals surface area contributed by atoms with Gasteiger partial charge in [0.1, 0.15) is 6.54 Å². The van der Waals surface area contributed by atoms with Gasteiger partial charge in [-0.1, -0.05) is 0 Å². The molecule has 0 saturated heterocycles. The number of anilines is 1. The first-order valence-electron chi connectivity index (χ1n) is 9.38. The Morgan fingerprint density at radius 3 is 2.29 bits per heavy atom. The third-order valence-corrected chi connectivity index (χ3v) is 4.02. The Bertz CT molecular complexity index is 672. The maximum absolute atomic E-state index is 13.6. The van der Waals surface area contributed by atoms with Gasteiger partial charge >= 0.3 is 0 Å². The molecular formula is C19H30F3N5O.